The van der Waals surface area contributed by atoms with Gasteiger partial charge in [0, 0.05) is 5.69 Å². The highest BCUT2D eigenvalue weighted by atomic mass is 32.2. The van der Waals surface area contributed by atoms with Gasteiger partial charge in [0.1, 0.15) is 15.7 Å². The van der Waals surface area contributed by atoms with Crippen LogP contribution in [0.3, 0.4) is 0 Å². The van der Waals surface area contributed by atoms with Gasteiger partial charge in [-0.05, 0) is 146 Å². The summed E-state index contributed by atoms with van der Waals surface area (Å²) in [5.74, 6) is -1.60. The molecular weight excluding hydrogens is 723 g/mol. The minimum absolute atomic E-state index is 0.284. The van der Waals surface area contributed by atoms with E-state index >= 15 is 0 Å². The zero-order valence-electron chi connectivity index (χ0n) is 29.7. The lowest BCUT2D eigenvalue weighted by Gasteiger charge is -2.16. The third-order valence-corrected chi connectivity index (χ3v) is 14.6. The molecule has 0 saturated carbocycles. The summed E-state index contributed by atoms with van der Waals surface area (Å²) in [6, 6.07) is 17.8. The van der Waals surface area contributed by atoms with Gasteiger partial charge in [-0.1, -0.05) is 36.4 Å². The fourth-order valence-corrected chi connectivity index (χ4v) is 11.8. The van der Waals surface area contributed by atoms with Crippen LogP contribution < -0.4 is 10.5 Å². The Morgan fingerprint density at radius 2 is 1.15 bits per heavy atom. The molecule has 2 atom stereocenters. The number of nitrogens with two attached hydrogens (primary N) is 1. The first kappa shape index (κ1) is 35.9. The van der Waals surface area contributed by atoms with Crippen molar-refractivity contribution in [3.63, 3.8) is 0 Å². The number of amides is 3. The highest BCUT2D eigenvalue weighted by molar-refractivity contribution is 7.95. The van der Waals surface area contributed by atoms with Crippen molar-refractivity contribution < 1.29 is 27.6 Å². The number of hydrogen-bond acceptors (Lipinski definition) is 7. The van der Waals surface area contributed by atoms with Crippen LogP contribution in [-0.4, -0.2) is 38.0 Å². The molecular formula is C41H39N5O6S2. The molecule has 0 bridgehead atoms. The van der Waals surface area contributed by atoms with Gasteiger partial charge < -0.3 is 5.32 Å². The molecule has 11 nitrogen and oxygen atoms in total. The van der Waals surface area contributed by atoms with Gasteiger partial charge >= 0.3 is 0 Å². The average molecular weight is 762 g/mol. The molecule has 10 rings (SSSR count). The Bertz CT molecular complexity index is 2540. The summed E-state index contributed by atoms with van der Waals surface area (Å²) in [5, 5.41) is 8.37. The molecule has 6 aliphatic rings. The molecule has 276 valence electrons. The van der Waals surface area contributed by atoms with E-state index in [0.29, 0.717) is 20.9 Å². The molecule has 0 fully saturated rings. The highest BCUT2D eigenvalue weighted by Gasteiger charge is 2.32. The Morgan fingerprint density at radius 1 is 0.685 bits per heavy atom. The van der Waals surface area contributed by atoms with Crippen molar-refractivity contribution in [3.05, 3.63) is 116 Å². The van der Waals surface area contributed by atoms with Crippen molar-refractivity contribution in [2.24, 2.45) is 18.9 Å². The predicted molar refractivity (Wildman–Crippen MR) is 206 cm³/mol. The minimum Gasteiger partial charge on any atom is -0.325 e. The van der Waals surface area contributed by atoms with Crippen LogP contribution in [0.15, 0.2) is 84.2 Å². The molecule has 13 heteroatoms. The largest absolute Gasteiger partial charge is 0.325 e. The van der Waals surface area contributed by atoms with Crippen LogP contribution in [0, 0.1) is 0 Å². The number of carbonyl (C=O) groups excluding carboxylic acids is 4. The number of anilines is 1. The monoisotopic (exact) mass is 761 g/mol. The standard InChI is InChI=1S/C21H20N2O3S.C13H13NO.C7H6N2O2S/c24-19(12-27(26)18-10-2-1-7-17(18)21(25)23-27)22-20-15-8-3-5-13(15)11-14-6-4-9-16(14)20;15-8-14-13-11-5-1-3-9(11)7-10-4-2-6-12(10)13;8-12(11)6-4-2-1-3-5(6)7(10)9-12/h1-2,7,10-11H,3-6,8-9,12H2,(H,22,24);7H,1-6H2;1-4H,(H2,8,9,10,11). The SMILES string of the molecule is NS1(=O)=NC(=O)c2ccccc21.O=C(CS1(=O)=NC(=O)c2ccccc21)Nc1c2c(cc3c1CCC3)CCC2.O=C=Nc1c2c(cc3c1CCC3)CCC2. The van der Waals surface area contributed by atoms with Crippen LogP contribution in [-0.2, 0) is 80.6 Å². The maximum absolute atomic E-state index is 13.2. The van der Waals surface area contributed by atoms with Gasteiger partial charge in [-0.25, -0.2) is 18.4 Å². The molecule has 0 radical (unpaired) electrons. The third-order valence-electron chi connectivity index (χ3n) is 11.0. The number of nitrogens with zero attached hydrogens (tertiary/aromatic N) is 3. The number of carbonyl (C=O) groups is 3. The lowest BCUT2D eigenvalue weighted by Crippen LogP contribution is -2.23. The van der Waals surface area contributed by atoms with Gasteiger partial charge in [0.15, 0.2) is 0 Å². The summed E-state index contributed by atoms with van der Waals surface area (Å²) in [4.78, 5) is 51.1. The molecule has 0 saturated heterocycles. The second-order valence-electron chi connectivity index (χ2n) is 14.3. The summed E-state index contributed by atoms with van der Waals surface area (Å²) in [7, 11) is -5.98. The lowest BCUT2D eigenvalue weighted by molar-refractivity contribution is -0.113. The highest BCUT2D eigenvalue weighted by Crippen LogP contribution is 2.41. The van der Waals surface area contributed by atoms with Gasteiger partial charge in [-0.3, -0.25) is 14.4 Å². The van der Waals surface area contributed by atoms with E-state index in [1.807, 2.05) is 0 Å². The fraction of sp³-hybridized carbons (Fsp3) is 0.317. The van der Waals surface area contributed by atoms with Crippen molar-refractivity contribution in [1.29, 1.82) is 0 Å². The Kier molecular flexibility index (Phi) is 9.51. The smallest absolute Gasteiger partial charge is 0.287 e. The fourth-order valence-electron chi connectivity index (χ4n) is 8.67. The van der Waals surface area contributed by atoms with E-state index in [4.69, 9.17) is 5.14 Å². The minimum atomic E-state index is -3.05. The topological polar surface area (TPSA) is 178 Å². The van der Waals surface area contributed by atoms with Gasteiger partial charge in [0.05, 0.1) is 36.3 Å². The van der Waals surface area contributed by atoms with Crippen molar-refractivity contribution in [1.82, 2.24) is 0 Å². The summed E-state index contributed by atoms with van der Waals surface area (Å²) in [6.07, 6.45) is 14.9. The van der Waals surface area contributed by atoms with Crippen molar-refractivity contribution in [2.75, 3.05) is 11.1 Å². The third kappa shape index (κ3) is 6.55. The van der Waals surface area contributed by atoms with Crippen molar-refractivity contribution in [3.8, 4) is 0 Å². The van der Waals surface area contributed by atoms with Crippen molar-refractivity contribution in [2.45, 2.75) is 86.8 Å². The summed E-state index contributed by atoms with van der Waals surface area (Å²) < 4.78 is 31.8. The molecule has 4 aromatic rings. The number of benzene rings is 4. The van der Waals surface area contributed by atoms with Gasteiger partial charge in [0.25, 0.3) is 11.8 Å². The Balaban J connectivity index is 0.000000128. The second kappa shape index (κ2) is 14.3. The van der Waals surface area contributed by atoms with E-state index in [-0.39, 0.29) is 11.7 Å². The van der Waals surface area contributed by atoms with Crippen molar-refractivity contribution >= 4 is 54.8 Å². The normalized spacial score (nSPS) is 21.7. The van der Waals surface area contributed by atoms with E-state index in [1.165, 1.54) is 57.3 Å². The Hall–Kier alpha value is -5.07. The predicted octanol–water partition coefficient (Wildman–Crippen LogP) is 6.46. The van der Waals surface area contributed by atoms with Gasteiger partial charge in [0.2, 0.25) is 12.0 Å². The number of aryl methyl sites for hydroxylation is 4. The molecule has 4 aliphatic carbocycles. The zero-order valence-corrected chi connectivity index (χ0v) is 31.3. The summed E-state index contributed by atoms with van der Waals surface area (Å²) in [6.45, 7) is 0. The van der Waals surface area contributed by atoms with E-state index in [2.05, 4.69) is 31.2 Å². The van der Waals surface area contributed by atoms with Crippen LogP contribution in [0.2, 0.25) is 0 Å². The molecule has 4 aromatic carbocycles. The molecule has 0 spiro atoms. The van der Waals surface area contributed by atoms with Crippen LogP contribution >= 0.6 is 0 Å². The lowest BCUT2D eigenvalue weighted by atomic mass is 9.98. The molecule has 2 aliphatic heterocycles. The maximum Gasteiger partial charge on any atom is 0.287 e. The first-order valence-corrected chi connectivity index (χ1v) is 21.6. The number of rotatable bonds is 4. The second-order valence-corrected chi connectivity index (χ2v) is 18.3. The van der Waals surface area contributed by atoms with E-state index in [9.17, 15) is 27.6 Å². The van der Waals surface area contributed by atoms with E-state index in [0.717, 1.165) is 75.6 Å². The Labute approximate surface area is 314 Å². The first-order valence-electron chi connectivity index (χ1n) is 18.3. The van der Waals surface area contributed by atoms with E-state index in [1.54, 1.807) is 54.6 Å². The number of nitrogens with one attached hydrogen (secondary N) is 1. The van der Waals surface area contributed by atoms with Gasteiger partial charge in [-0.2, -0.15) is 9.36 Å². The van der Waals surface area contributed by atoms with Crippen LogP contribution in [0.5, 0.6) is 0 Å². The number of hydrogen-bond donors (Lipinski definition) is 2. The summed E-state index contributed by atoms with van der Waals surface area (Å²) in [5.41, 5.74) is 13.2. The molecule has 3 N–H and O–H groups in total. The molecule has 2 heterocycles. The van der Waals surface area contributed by atoms with Crippen LogP contribution in [0.4, 0.5) is 11.4 Å². The van der Waals surface area contributed by atoms with E-state index < -0.39 is 31.5 Å². The van der Waals surface area contributed by atoms with Crippen LogP contribution in [0.25, 0.3) is 0 Å². The first-order chi connectivity index (χ1) is 26.1. The Morgan fingerprint density at radius 3 is 1.69 bits per heavy atom. The van der Waals surface area contributed by atoms with Gasteiger partial charge in [-0.15, -0.1) is 4.36 Å². The number of aliphatic imine (C=N–C) groups is 1. The van der Waals surface area contributed by atoms with Crippen LogP contribution in [0.1, 0.15) is 90.9 Å². The maximum atomic E-state index is 13.2. The number of fused-ring (bicyclic) bond motifs is 6. The average Bonchev–Trinajstić information content (AvgIpc) is 4.01. The quantitative estimate of drug-likeness (QED) is 0.178. The summed E-state index contributed by atoms with van der Waals surface area (Å²) >= 11 is 0. The molecule has 3 amide bonds. The molecule has 2 unspecified atom stereocenters. The number of isocyanates is 1. The molecule has 0 aromatic heterocycles. The zero-order chi connectivity index (χ0) is 37.6. The molecule has 54 heavy (non-hydrogen) atoms.